The normalized spacial score (nSPS) is 12.7. The minimum absolute atomic E-state index is 0.00421. The lowest BCUT2D eigenvalue weighted by atomic mass is 10.1. The number of carbonyl (C=O) groups excluding carboxylic acids is 1. The van der Waals surface area contributed by atoms with Crippen LogP contribution in [0.15, 0.2) is 17.5 Å². The summed E-state index contributed by atoms with van der Waals surface area (Å²) in [5.74, 6) is -0.00421. The van der Waals surface area contributed by atoms with Crippen LogP contribution >= 0.6 is 11.3 Å². The fourth-order valence-electron chi connectivity index (χ4n) is 1.67. The Morgan fingerprint density at radius 3 is 2.78 bits per heavy atom. The number of thiophene rings is 1. The van der Waals surface area contributed by atoms with Gasteiger partial charge in [0.15, 0.2) is 0 Å². The lowest BCUT2D eigenvalue weighted by Gasteiger charge is -2.29. The van der Waals surface area contributed by atoms with Gasteiger partial charge in [0.05, 0.1) is 12.6 Å². The van der Waals surface area contributed by atoms with Crippen molar-refractivity contribution in [3.8, 4) is 0 Å². The summed E-state index contributed by atoms with van der Waals surface area (Å²) in [4.78, 5) is 15.3. The average molecular weight is 270 g/mol. The maximum Gasteiger partial charge on any atom is 0.240 e. The van der Waals surface area contributed by atoms with E-state index in [0.29, 0.717) is 19.6 Å². The number of hydrogen-bond donors (Lipinski definition) is 1. The molecule has 0 aliphatic heterocycles. The van der Waals surface area contributed by atoms with Gasteiger partial charge < -0.3 is 15.4 Å². The zero-order valence-electron chi connectivity index (χ0n) is 11.3. The van der Waals surface area contributed by atoms with E-state index >= 15 is 0 Å². The Morgan fingerprint density at radius 1 is 1.56 bits per heavy atom. The van der Waals surface area contributed by atoms with E-state index in [1.165, 1.54) is 4.88 Å². The van der Waals surface area contributed by atoms with Gasteiger partial charge in [-0.1, -0.05) is 6.07 Å². The molecule has 1 aromatic rings. The highest BCUT2D eigenvalue weighted by Gasteiger charge is 2.23. The molecule has 0 saturated heterocycles. The Hall–Kier alpha value is -0.910. The van der Waals surface area contributed by atoms with Crippen LogP contribution in [0.1, 0.15) is 25.1 Å². The van der Waals surface area contributed by atoms with E-state index in [9.17, 15) is 4.79 Å². The first-order valence-electron chi connectivity index (χ1n) is 6.13. The van der Waals surface area contributed by atoms with Crippen molar-refractivity contribution in [1.29, 1.82) is 0 Å². The first-order chi connectivity index (χ1) is 8.56. The van der Waals surface area contributed by atoms with Crippen LogP contribution in [0.25, 0.3) is 0 Å². The van der Waals surface area contributed by atoms with E-state index in [0.717, 1.165) is 0 Å². The summed E-state index contributed by atoms with van der Waals surface area (Å²) in [6.07, 6.45) is 0.559. The number of amides is 1. The molecule has 0 aliphatic rings. The summed E-state index contributed by atoms with van der Waals surface area (Å²) < 4.78 is 4.96. The molecule has 1 amide bonds. The molecular weight excluding hydrogens is 248 g/mol. The van der Waals surface area contributed by atoms with Crippen LogP contribution in [-0.2, 0) is 16.1 Å². The third-order valence-electron chi connectivity index (χ3n) is 2.76. The fraction of sp³-hybridized carbons (Fsp3) is 0.615. The van der Waals surface area contributed by atoms with E-state index in [1.54, 1.807) is 18.4 Å². The lowest BCUT2D eigenvalue weighted by Crippen LogP contribution is -2.46. The van der Waals surface area contributed by atoms with Gasteiger partial charge in [-0.3, -0.25) is 4.79 Å². The molecule has 2 N–H and O–H groups in total. The Balaban J connectivity index is 2.63. The Morgan fingerprint density at radius 2 is 2.28 bits per heavy atom. The van der Waals surface area contributed by atoms with Crippen molar-refractivity contribution in [1.82, 2.24) is 4.90 Å². The van der Waals surface area contributed by atoms with Crippen LogP contribution < -0.4 is 5.73 Å². The van der Waals surface area contributed by atoms with Gasteiger partial charge in [-0.2, -0.15) is 0 Å². The maximum absolute atomic E-state index is 12.3. The van der Waals surface area contributed by atoms with Crippen LogP contribution in [0.4, 0.5) is 0 Å². The first-order valence-corrected chi connectivity index (χ1v) is 7.01. The number of ether oxygens (including phenoxy) is 1. The molecule has 1 rings (SSSR count). The van der Waals surface area contributed by atoms with Crippen molar-refractivity contribution < 1.29 is 9.53 Å². The fourth-order valence-corrected chi connectivity index (χ4v) is 2.37. The predicted molar refractivity (Wildman–Crippen MR) is 74.5 cm³/mol. The zero-order chi connectivity index (χ0) is 13.5. The molecule has 0 aliphatic carbocycles. The van der Waals surface area contributed by atoms with Gasteiger partial charge in [-0.25, -0.2) is 0 Å². The predicted octanol–water partition coefficient (Wildman–Crippen LogP) is 1.85. The largest absolute Gasteiger partial charge is 0.385 e. The van der Waals surface area contributed by atoms with Gasteiger partial charge in [0.25, 0.3) is 0 Å². The number of nitrogens with two attached hydrogens (primary N) is 1. The minimum atomic E-state index is -0.479. The van der Waals surface area contributed by atoms with Crippen molar-refractivity contribution in [2.75, 3.05) is 13.7 Å². The van der Waals surface area contributed by atoms with Crippen molar-refractivity contribution in [3.05, 3.63) is 22.4 Å². The smallest absolute Gasteiger partial charge is 0.240 e. The molecule has 0 aromatic carbocycles. The molecule has 1 heterocycles. The van der Waals surface area contributed by atoms with Crippen molar-refractivity contribution in [2.45, 2.75) is 38.9 Å². The maximum atomic E-state index is 12.3. The van der Waals surface area contributed by atoms with E-state index < -0.39 is 6.04 Å². The summed E-state index contributed by atoms with van der Waals surface area (Å²) in [6.45, 7) is 5.16. The number of carbonyl (C=O) groups is 1. The monoisotopic (exact) mass is 270 g/mol. The molecule has 1 atom stereocenters. The van der Waals surface area contributed by atoms with Gasteiger partial charge in [0.2, 0.25) is 5.91 Å². The van der Waals surface area contributed by atoms with Crippen LogP contribution in [-0.4, -0.2) is 36.6 Å². The third kappa shape index (κ3) is 4.40. The van der Waals surface area contributed by atoms with E-state index in [2.05, 4.69) is 0 Å². The Labute approximate surface area is 113 Å². The second-order valence-electron chi connectivity index (χ2n) is 4.53. The molecule has 5 heteroatoms. The Kier molecular flexibility index (Phi) is 6.32. The highest BCUT2D eigenvalue weighted by atomic mass is 32.1. The summed E-state index contributed by atoms with van der Waals surface area (Å²) >= 11 is 1.66. The molecule has 0 spiro atoms. The van der Waals surface area contributed by atoms with E-state index in [4.69, 9.17) is 10.5 Å². The highest BCUT2D eigenvalue weighted by molar-refractivity contribution is 7.09. The first kappa shape index (κ1) is 15.1. The van der Waals surface area contributed by atoms with E-state index in [1.807, 2.05) is 36.3 Å². The number of methoxy groups -OCH3 is 1. The Bertz CT molecular complexity index is 352. The topological polar surface area (TPSA) is 55.6 Å². The number of hydrogen-bond acceptors (Lipinski definition) is 4. The third-order valence-corrected chi connectivity index (χ3v) is 3.62. The van der Waals surface area contributed by atoms with Gasteiger partial charge in [-0.05, 0) is 31.7 Å². The van der Waals surface area contributed by atoms with Crippen LogP contribution in [0, 0.1) is 0 Å². The van der Waals surface area contributed by atoms with Crippen LogP contribution in [0.2, 0.25) is 0 Å². The van der Waals surface area contributed by atoms with Crippen LogP contribution in [0.3, 0.4) is 0 Å². The standard InChI is InChI=1S/C13H22N2O2S/c1-10(2)15(9-11-5-4-8-18-11)13(16)12(14)6-7-17-3/h4-5,8,10,12H,6-7,9,14H2,1-3H3. The second-order valence-corrected chi connectivity index (χ2v) is 5.56. The van der Waals surface area contributed by atoms with Gasteiger partial charge in [-0.15, -0.1) is 11.3 Å². The molecule has 0 radical (unpaired) electrons. The molecule has 4 nitrogen and oxygen atoms in total. The molecule has 0 saturated carbocycles. The molecule has 18 heavy (non-hydrogen) atoms. The van der Waals surface area contributed by atoms with E-state index in [-0.39, 0.29) is 11.9 Å². The van der Waals surface area contributed by atoms with Crippen molar-refractivity contribution in [3.63, 3.8) is 0 Å². The quantitative estimate of drug-likeness (QED) is 0.822. The number of rotatable bonds is 7. The molecule has 1 unspecified atom stereocenters. The summed E-state index contributed by atoms with van der Waals surface area (Å²) in [7, 11) is 1.61. The molecule has 102 valence electrons. The molecular formula is C13H22N2O2S. The van der Waals surface area contributed by atoms with Gasteiger partial charge in [0, 0.05) is 24.6 Å². The summed E-state index contributed by atoms with van der Waals surface area (Å²) in [6, 6.07) is 3.70. The van der Waals surface area contributed by atoms with Crippen LogP contribution in [0.5, 0.6) is 0 Å². The molecule has 1 aromatic heterocycles. The van der Waals surface area contributed by atoms with Crippen molar-refractivity contribution >= 4 is 17.2 Å². The van der Waals surface area contributed by atoms with Crippen molar-refractivity contribution in [2.24, 2.45) is 5.73 Å². The summed E-state index contributed by atoms with van der Waals surface area (Å²) in [5, 5.41) is 2.02. The molecule has 0 bridgehead atoms. The van der Waals surface area contributed by atoms with Gasteiger partial charge in [0.1, 0.15) is 0 Å². The highest BCUT2D eigenvalue weighted by Crippen LogP contribution is 2.15. The second kappa shape index (κ2) is 7.51. The molecule has 0 fully saturated rings. The zero-order valence-corrected chi connectivity index (χ0v) is 12.1. The lowest BCUT2D eigenvalue weighted by molar-refractivity contribution is -0.135. The minimum Gasteiger partial charge on any atom is -0.385 e. The van der Waals surface area contributed by atoms with Gasteiger partial charge >= 0.3 is 0 Å². The summed E-state index contributed by atoms with van der Waals surface area (Å²) in [5.41, 5.74) is 5.90. The SMILES string of the molecule is COCCC(N)C(=O)N(Cc1cccs1)C(C)C. The number of nitrogens with zero attached hydrogens (tertiary/aromatic N) is 1. The average Bonchev–Trinajstić information content (AvgIpc) is 2.84.